The number of carbonyl (C=O) groups is 4. The van der Waals surface area contributed by atoms with Crippen molar-refractivity contribution in [2.75, 3.05) is 26.7 Å². The largest absolute Gasteiger partial charge is 0.493 e. The zero-order valence-electron chi connectivity index (χ0n) is 29.3. The second kappa shape index (κ2) is 14.8. The molecule has 7 atom stereocenters. The van der Waals surface area contributed by atoms with Crippen molar-refractivity contribution < 1.29 is 33.4 Å². The Morgan fingerprint density at radius 2 is 1.94 bits per heavy atom. The molecule has 4 amide bonds. The van der Waals surface area contributed by atoms with Crippen molar-refractivity contribution in [1.29, 1.82) is 0 Å². The summed E-state index contributed by atoms with van der Waals surface area (Å²) in [6.07, 6.45) is 9.47. The maximum absolute atomic E-state index is 14.0. The van der Waals surface area contributed by atoms with Gasteiger partial charge >= 0.3 is 6.09 Å². The van der Waals surface area contributed by atoms with Crippen molar-refractivity contribution in [1.82, 2.24) is 20.9 Å². The van der Waals surface area contributed by atoms with Crippen molar-refractivity contribution in [2.45, 2.75) is 108 Å². The van der Waals surface area contributed by atoms with Crippen molar-refractivity contribution in [3.63, 3.8) is 0 Å². The van der Waals surface area contributed by atoms with Gasteiger partial charge in [0.2, 0.25) is 17.7 Å². The van der Waals surface area contributed by atoms with Crippen LogP contribution in [0.15, 0.2) is 29.0 Å². The number of methoxy groups -OCH3 is 1. The van der Waals surface area contributed by atoms with Crippen LogP contribution in [0, 0.1) is 11.8 Å². The fraction of sp³-hybridized carbons (Fsp3) is 0.639. The molecule has 272 valence electrons. The molecular weight excluding hydrogens is 642 g/mol. The Labute approximate surface area is 293 Å². The fourth-order valence-corrected chi connectivity index (χ4v) is 9.10. The lowest BCUT2D eigenvalue weighted by Crippen LogP contribution is -2.56. The van der Waals surface area contributed by atoms with Crippen molar-refractivity contribution in [3.05, 3.63) is 35.1 Å². The smallest absolute Gasteiger partial charge is 0.415 e. The van der Waals surface area contributed by atoms with Crippen LogP contribution in [0.3, 0.4) is 0 Å². The van der Waals surface area contributed by atoms with Crippen molar-refractivity contribution in [2.24, 2.45) is 28.3 Å². The first-order valence-electron chi connectivity index (χ1n) is 18.0. The third-order valence-corrected chi connectivity index (χ3v) is 11.3. The fourth-order valence-electron chi connectivity index (χ4n) is 9.10. The summed E-state index contributed by atoms with van der Waals surface area (Å²) >= 11 is 0. The Morgan fingerprint density at radius 1 is 1.12 bits per heavy atom. The minimum atomic E-state index is -0.894. The van der Waals surface area contributed by atoms with Crippen LogP contribution in [0.25, 0.3) is 0 Å². The summed E-state index contributed by atoms with van der Waals surface area (Å²) in [5.41, 5.74) is 13.2. The van der Waals surface area contributed by atoms with Crippen LogP contribution in [-0.2, 0) is 31.0 Å². The molecule has 2 fully saturated rings. The molecule has 14 heteroatoms. The van der Waals surface area contributed by atoms with Crippen LogP contribution in [0.1, 0.15) is 82.8 Å². The van der Waals surface area contributed by atoms with Gasteiger partial charge in [0.1, 0.15) is 17.8 Å². The van der Waals surface area contributed by atoms with E-state index < -0.39 is 36.1 Å². The molecule has 1 spiro atoms. The number of ether oxygens (including phenoxy) is 3. The maximum atomic E-state index is 14.0. The SMILES string of the molecule is COc1ccc2c3c1O[C@H]1C(OC(=O)N4CCCC[C@@H]4CNC(=O)[C@H](CCCN=C(N)N)NC(=O)[C@H](C)NC(C)=O)=CCC4[C@H](CCC[C@@]341)C2. The number of piperidine rings is 1. The van der Waals surface area contributed by atoms with Crippen LogP contribution in [-0.4, -0.2) is 85.6 Å². The van der Waals surface area contributed by atoms with Crippen LogP contribution in [0.4, 0.5) is 4.79 Å². The molecule has 2 aliphatic heterocycles. The first kappa shape index (κ1) is 35.3. The molecule has 2 heterocycles. The van der Waals surface area contributed by atoms with E-state index in [2.05, 4.69) is 33.1 Å². The van der Waals surface area contributed by atoms with E-state index in [1.54, 1.807) is 18.9 Å². The molecule has 50 heavy (non-hydrogen) atoms. The number of allylic oxidation sites excluding steroid dienone is 1. The summed E-state index contributed by atoms with van der Waals surface area (Å²) in [7, 11) is 1.66. The number of hydrogen-bond donors (Lipinski definition) is 5. The maximum Gasteiger partial charge on any atom is 0.415 e. The lowest BCUT2D eigenvalue weighted by atomic mass is 9.49. The highest BCUT2D eigenvalue weighted by Crippen LogP contribution is 2.65. The summed E-state index contributed by atoms with van der Waals surface area (Å²) in [4.78, 5) is 57.4. The number of amides is 4. The Kier molecular flexibility index (Phi) is 10.4. The zero-order chi connectivity index (χ0) is 35.6. The second-order valence-corrected chi connectivity index (χ2v) is 14.4. The lowest BCUT2D eigenvalue weighted by molar-refractivity contribution is -0.131. The normalized spacial score (nSPS) is 26.9. The predicted molar refractivity (Wildman–Crippen MR) is 185 cm³/mol. The number of nitrogens with two attached hydrogens (primary N) is 2. The molecule has 1 aromatic rings. The van der Waals surface area contributed by atoms with E-state index >= 15 is 0 Å². The number of rotatable bonds is 12. The van der Waals surface area contributed by atoms with Crippen LogP contribution in [0.5, 0.6) is 11.5 Å². The summed E-state index contributed by atoms with van der Waals surface area (Å²) in [5.74, 6) is 1.75. The van der Waals surface area contributed by atoms with Gasteiger partial charge in [0, 0.05) is 37.5 Å². The highest BCUT2D eigenvalue weighted by atomic mass is 16.6. The molecule has 0 radical (unpaired) electrons. The van der Waals surface area contributed by atoms with E-state index in [4.69, 9.17) is 25.7 Å². The van der Waals surface area contributed by atoms with Gasteiger partial charge in [-0.3, -0.25) is 19.4 Å². The molecule has 2 bridgehead atoms. The third-order valence-electron chi connectivity index (χ3n) is 11.3. The average Bonchev–Trinajstić information content (AvgIpc) is 3.43. The third kappa shape index (κ3) is 6.80. The van der Waals surface area contributed by atoms with Crippen LogP contribution in [0.2, 0.25) is 0 Å². The molecule has 1 saturated carbocycles. The molecule has 0 aromatic heterocycles. The minimum absolute atomic E-state index is 0.0581. The van der Waals surface area contributed by atoms with Gasteiger partial charge in [0.25, 0.3) is 0 Å². The van der Waals surface area contributed by atoms with E-state index in [9.17, 15) is 19.2 Å². The Hall–Kier alpha value is -4.49. The van der Waals surface area contributed by atoms with E-state index in [0.29, 0.717) is 42.7 Å². The van der Waals surface area contributed by atoms with Crippen LogP contribution >= 0.6 is 0 Å². The first-order valence-corrected chi connectivity index (χ1v) is 18.0. The zero-order valence-corrected chi connectivity index (χ0v) is 29.3. The van der Waals surface area contributed by atoms with Gasteiger partial charge in [-0.05, 0) is 94.3 Å². The van der Waals surface area contributed by atoms with Gasteiger partial charge in [-0.15, -0.1) is 0 Å². The predicted octanol–water partition coefficient (Wildman–Crippen LogP) is 2.12. The molecule has 1 saturated heterocycles. The Bertz CT molecular complexity index is 1560. The van der Waals surface area contributed by atoms with E-state index in [0.717, 1.165) is 44.3 Å². The summed E-state index contributed by atoms with van der Waals surface area (Å²) in [6, 6.07) is 2.15. The molecule has 1 unspecified atom stereocenters. The van der Waals surface area contributed by atoms with Gasteiger partial charge in [0.15, 0.2) is 23.6 Å². The quantitative estimate of drug-likeness (QED) is 0.124. The first-order chi connectivity index (χ1) is 24.0. The molecule has 7 N–H and O–H groups in total. The number of guanidine groups is 1. The van der Waals surface area contributed by atoms with Crippen molar-refractivity contribution in [3.8, 4) is 11.5 Å². The van der Waals surface area contributed by atoms with Gasteiger partial charge in [-0.1, -0.05) is 12.5 Å². The van der Waals surface area contributed by atoms with Gasteiger partial charge < -0.3 is 46.5 Å². The van der Waals surface area contributed by atoms with Crippen LogP contribution < -0.4 is 36.9 Å². The summed E-state index contributed by atoms with van der Waals surface area (Å²) in [5, 5.41) is 8.23. The molecule has 5 aliphatic rings. The van der Waals surface area contributed by atoms with E-state index in [1.165, 1.54) is 24.5 Å². The van der Waals surface area contributed by atoms with E-state index in [-0.39, 0.29) is 42.8 Å². The second-order valence-electron chi connectivity index (χ2n) is 14.4. The van der Waals surface area contributed by atoms with Gasteiger partial charge in [-0.25, -0.2) is 4.79 Å². The minimum Gasteiger partial charge on any atom is -0.493 e. The number of aliphatic imine (C=N–C) groups is 1. The molecule has 3 aliphatic carbocycles. The Morgan fingerprint density at radius 3 is 2.70 bits per heavy atom. The monoisotopic (exact) mass is 693 g/mol. The number of nitrogens with zero attached hydrogens (tertiary/aromatic N) is 2. The number of hydrogen-bond acceptors (Lipinski definition) is 8. The van der Waals surface area contributed by atoms with E-state index in [1.807, 2.05) is 6.07 Å². The number of benzene rings is 1. The Balaban J connectivity index is 1.13. The molecule has 1 aromatic carbocycles. The lowest BCUT2D eigenvalue weighted by Gasteiger charge is -2.53. The highest BCUT2D eigenvalue weighted by molar-refractivity contribution is 5.91. The summed E-state index contributed by atoms with van der Waals surface area (Å²) < 4.78 is 18.7. The van der Waals surface area contributed by atoms with Gasteiger partial charge in [0.05, 0.1) is 13.2 Å². The number of likely N-dealkylation sites (tertiary alicyclic amines) is 1. The standard InChI is InChI=1S/C36H51N7O7/c1-20(41-21(2)44)32(45)42-26(10-7-16-39-34(37)38)33(46)40-19-24-9-4-5-17-43(24)35(47)49-28-14-12-25-22-8-6-15-36(25)29-23(18-22)11-13-27(48-3)30(29)50-31(28)36/h11,13-14,20,22,24-26,31H,4-10,12,15-19H2,1-3H3,(H,40,46)(H,41,44)(H,42,45)(H4,37,38,39)/t20-,22+,24+,25?,26-,31-,36-/m0/s1. The number of carbonyl (C=O) groups excluding carboxylic acids is 4. The highest BCUT2D eigenvalue weighted by Gasteiger charge is 2.63. The molecular formula is C36H51N7O7. The molecule has 6 rings (SSSR count). The van der Waals surface area contributed by atoms with Gasteiger partial charge in [-0.2, -0.15) is 0 Å². The summed E-state index contributed by atoms with van der Waals surface area (Å²) in [6.45, 7) is 3.84. The number of nitrogens with one attached hydrogen (secondary N) is 3. The topological polar surface area (TPSA) is 200 Å². The average molecular weight is 694 g/mol. The molecule has 14 nitrogen and oxygen atoms in total. The van der Waals surface area contributed by atoms with Crippen molar-refractivity contribution >= 4 is 29.8 Å².